The van der Waals surface area contributed by atoms with Gasteiger partial charge >= 0.3 is 0 Å². The van der Waals surface area contributed by atoms with Crippen LogP contribution in [0.1, 0.15) is 18.7 Å². The highest BCUT2D eigenvalue weighted by Crippen LogP contribution is 2.31. The van der Waals surface area contributed by atoms with Gasteiger partial charge in [0, 0.05) is 29.5 Å². The van der Waals surface area contributed by atoms with Crippen LogP contribution in [0.5, 0.6) is 0 Å². The lowest BCUT2D eigenvalue weighted by Crippen LogP contribution is -2.47. The summed E-state index contributed by atoms with van der Waals surface area (Å²) in [4.78, 5) is 2.39. The second kappa shape index (κ2) is 6.38. The second-order valence-corrected chi connectivity index (χ2v) is 6.64. The molecule has 1 aliphatic rings. The number of hydrogen-bond donors (Lipinski definition) is 1. The first-order chi connectivity index (χ1) is 10.2. The molecule has 21 heavy (non-hydrogen) atoms. The molecule has 1 fully saturated rings. The van der Waals surface area contributed by atoms with Crippen molar-refractivity contribution in [3.05, 3.63) is 35.8 Å². The number of furan rings is 1. The molecule has 114 valence electrons. The molecule has 1 aromatic carbocycles. The molecule has 3 nitrogen and oxygen atoms in total. The lowest BCUT2D eigenvalue weighted by Gasteiger charge is -2.37. The summed E-state index contributed by atoms with van der Waals surface area (Å²) in [5.41, 5.74) is 0.750. The molecule has 5 heteroatoms. The molecule has 1 saturated heterocycles. The fourth-order valence-corrected chi connectivity index (χ4v) is 4.16. The highest BCUT2D eigenvalue weighted by molar-refractivity contribution is 7.99. The molecule has 0 bridgehead atoms. The highest BCUT2D eigenvalue weighted by atomic mass is 32.2. The molecule has 3 rings (SSSR count). The first kappa shape index (κ1) is 14.9. The van der Waals surface area contributed by atoms with E-state index in [1.165, 1.54) is 17.9 Å². The number of hydrogen-bond acceptors (Lipinski definition) is 4. The van der Waals surface area contributed by atoms with Gasteiger partial charge < -0.3 is 9.73 Å². The lowest BCUT2D eigenvalue weighted by atomic mass is 10.1. The summed E-state index contributed by atoms with van der Waals surface area (Å²) in [6, 6.07) is 7.19. The maximum absolute atomic E-state index is 13.3. The minimum absolute atomic E-state index is 0.142. The van der Waals surface area contributed by atoms with Gasteiger partial charge in [-0.2, -0.15) is 11.8 Å². The molecule has 0 amide bonds. The fourth-order valence-electron chi connectivity index (χ4n) is 2.89. The summed E-state index contributed by atoms with van der Waals surface area (Å²) in [5, 5.41) is 4.36. The number of thioether (sulfide) groups is 1. The molecule has 1 N–H and O–H groups in total. The molecular formula is C16H21FN2OS. The van der Waals surface area contributed by atoms with Crippen LogP contribution in [0.25, 0.3) is 11.0 Å². The molecule has 1 aromatic heterocycles. The molecule has 2 unspecified atom stereocenters. The normalized spacial score (nSPS) is 21.8. The number of nitrogens with one attached hydrogen (secondary N) is 1. The summed E-state index contributed by atoms with van der Waals surface area (Å²) in [5.74, 6) is 2.94. The van der Waals surface area contributed by atoms with Gasteiger partial charge in [0.25, 0.3) is 0 Å². The van der Waals surface area contributed by atoms with Crippen LogP contribution in [-0.4, -0.2) is 42.6 Å². The van der Waals surface area contributed by atoms with Crippen molar-refractivity contribution in [2.75, 3.05) is 31.6 Å². The molecular weight excluding hydrogens is 287 g/mol. The van der Waals surface area contributed by atoms with E-state index < -0.39 is 0 Å². The van der Waals surface area contributed by atoms with Crippen LogP contribution in [0, 0.1) is 5.82 Å². The van der Waals surface area contributed by atoms with E-state index in [9.17, 15) is 4.39 Å². The summed E-state index contributed by atoms with van der Waals surface area (Å²) in [6.07, 6.45) is 0. The monoisotopic (exact) mass is 308 g/mol. The minimum atomic E-state index is -0.222. The standard InChI is InChI=1S/C16H21FN2OS/c1-3-18-16(13-10-21-7-6-19(13)2)15-9-11-8-12(17)4-5-14(11)20-15/h4-5,8-9,13,16,18H,3,6-7,10H2,1-2H3. The highest BCUT2D eigenvalue weighted by Gasteiger charge is 2.30. The summed E-state index contributed by atoms with van der Waals surface area (Å²) in [7, 11) is 2.16. The van der Waals surface area contributed by atoms with E-state index >= 15 is 0 Å². The summed E-state index contributed by atoms with van der Waals surface area (Å²) < 4.78 is 19.3. The number of likely N-dealkylation sites (N-methyl/N-ethyl adjacent to an activating group) is 2. The number of benzene rings is 1. The van der Waals surface area contributed by atoms with Gasteiger partial charge in [-0.25, -0.2) is 4.39 Å². The maximum atomic E-state index is 13.3. The second-order valence-electron chi connectivity index (χ2n) is 5.49. The van der Waals surface area contributed by atoms with Crippen molar-refractivity contribution >= 4 is 22.7 Å². The van der Waals surface area contributed by atoms with Gasteiger partial charge in [0.1, 0.15) is 17.2 Å². The van der Waals surface area contributed by atoms with Gasteiger partial charge in [-0.15, -0.1) is 0 Å². The van der Waals surface area contributed by atoms with Gasteiger partial charge in [-0.1, -0.05) is 6.92 Å². The Kier molecular flexibility index (Phi) is 4.52. The molecule has 0 spiro atoms. The van der Waals surface area contributed by atoms with Gasteiger partial charge in [0.2, 0.25) is 0 Å². The van der Waals surface area contributed by atoms with Gasteiger partial charge in [0.15, 0.2) is 0 Å². The molecule has 0 radical (unpaired) electrons. The van der Waals surface area contributed by atoms with E-state index in [0.717, 1.165) is 35.6 Å². The van der Waals surface area contributed by atoms with E-state index in [1.807, 2.05) is 17.8 Å². The summed E-state index contributed by atoms with van der Waals surface area (Å²) in [6.45, 7) is 4.07. The van der Waals surface area contributed by atoms with Gasteiger partial charge in [-0.05, 0) is 37.9 Å². The maximum Gasteiger partial charge on any atom is 0.134 e. The number of fused-ring (bicyclic) bond motifs is 1. The van der Waals surface area contributed by atoms with E-state index in [0.29, 0.717) is 6.04 Å². The Bertz CT molecular complexity index is 615. The zero-order chi connectivity index (χ0) is 14.8. The molecule has 2 aromatic rings. The van der Waals surface area contributed by atoms with Crippen molar-refractivity contribution in [1.82, 2.24) is 10.2 Å². The Labute approximate surface area is 128 Å². The topological polar surface area (TPSA) is 28.4 Å². The third-order valence-electron chi connectivity index (χ3n) is 4.06. The smallest absolute Gasteiger partial charge is 0.134 e. The van der Waals surface area contributed by atoms with Gasteiger partial charge in [-0.3, -0.25) is 4.90 Å². The lowest BCUT2D eigenvalue weighted by molar-refractivity contribution is 0.203. The zero-order valence-electron chi connectivity index (χ0n) is 12.4. The van der Waals surface area contributed by atoms with E-state index in [2.05, 4.69) is 24.2 Å². The van der Waals surface area contributed by atoms with Crippen LogP contribution in [-0.2, 0) is 0 Å². The predicted octanol–water partition coefficient (Wildman–Crippen LogP) is 3.27. The Balaban J connectivity index is 1.94. The fraction of sp³-hybridized carbons (Fsp3) is 0.500. The Morgan fingerprint density at radius 2 is 2.33 bits per heavy atom. The quantitative estimate of drug-likeness (QED) is 0.938. The van der Waals surface area contributed by atoms with Crippen molar-refractivity contribution in [1.29, 1.82) is 0 Å². The van der Waals surface area contributed by atoms with Crippen molar-refractivity contribution in [3.8, 4) is 0 Å². The third kappa shape index (κ3) is 3.10. The largest absolute Gasteiger partial charge is 0.459 e. The number of halogens is 1. The van der Waals surface area contributed by atoms with Crippen LogP contribution in [0.15, 0.2) is 28.7 Å². The van der Waals surface area contributed by atoms with Crippen molar-refractivity contribution < 1.29 is 8.81 Å². The third-order valence-corrected chi connectivity index (χ3v) is 5.10. The van der Waals surface area contributed by atoms with E-state index in [-0.39, 0.29) is 11.9 Å². The van der Waals surface area contributed by atoms with Crippen molar-refractivity contribution in [3.63, 3.8) is 0 Å². The van der Waals surface area contributed by atoms with E-state index in [4.69, 9.17) is 4.42 Å². The number of nitrogens with zero attached hydrogens (tertiary/aromatic N) is 1. The predicted molar refractivity (Wildman–Crippen MR) is 86.3 cm³/mol. The van der Waals surface area contributed by atoms with E-state index in [1.54, 1.807) is 6.07 Å². The summed E-state index contributed by atoms with van der Waals surface area (Å²) >= 11 is 1.98. The Morgan fingerprint density at radius 3 is 3.10 bits per heavy atom. The average Bonchev–Trinajstić information content (AvgIpc) is 2.88. The van der Waals surface area contributed by atoms with Crippen LogP contribution in [0.3, 0.4) is 0 Å². The van der Waals surface area contributed by atoms with Gasteiger partial charge in [0.05, 0.1) is 6.04 Å². The first-order valence-electron chi connectivity index (χ1n) is 7.39. The molecule has 2 atom stereocenters. The molecule has 1 aliphatic heterocycles. The minimum Gasteiger partial charge on any atom is -0.459 e. The Hall–Kier alpha value is -1.04. The molecule has 0 saturated carbocycles. The van der Waals surface area contributed by atoms with Crippen LogP contribution in [0.2, 0.25) is 0 Å². The van der Waals surface area contributed by atoms with Crippen molar-refractivity contribution in [2.45, 2.75) is 19.0 Å². The number of rotatable bonds is 4. The molecule has 0 aliphatic carbocycles. The average molecular weight is 308 g/mol. The van der Waals surface area contributed by atoms with Crippen LogP contribution < -0.4 is 5.32 Å². The van der Waals surface area contributed by atoms with Crippen molar-refractivity contribution in [2.24, 2.45) is 0 Å². The SMILES string of the molecule is CCNC(c1cc2cc(F)ccc2o1)C1CSCCN1C. The zero-order valence-corrected chi connectivity index (χ0v) is 13.3. The van der Waals surface area contributed by atoms with Crippen LogP contribution in [0.4, 0.5) is 4.39 Å². The first-order valence-corrected chi connectivity index (χ1v) is 8.55. The Morgan fingerprint density at radius 1 is 1.48 bits per heavy atom. The van der Waals surface area contributed by atoms with Crippen LogP contribution >= 0.6 is 11.8 Å². The molecule has 2 heterocycles.